The molecule has 1 aromatic heterocycles. The smallest absolute Gasteiger partial charge is 0.123 e. The van der Waals surface area contributed by atoms with Crippen molar-refractivity contribution in [2.24, 2.45) is 0 Å². The molecule has 1 N–H and O–H groups in total. The normalized spacial score (nSPS) is 18.7. The number of likely N-dealkylation sites (N-methyl/N-ethyl adjacent to an activating group) is 1. The molecule has 98 valence electrons. The molecule has 3 rings (SSSR count). The molecular formula is C16H18N2O. The predicted molar refractivity (Wildman–Crippen MR) is 75.3 cm³/mol. The van der Waals surface area contributed by atoms with Gasteiger partial charge in [-0.15, -0.1) is 0 Å². The molecule has 1 aromatic carbocycles. The lowest BCUT2D eigenvalue weighted by Crippen LogP contribution is -2.32. The molecule has 0 spiro atoms. The van der Waals surface area contributed by atoms with Gasteiger partial charge < -0.3 is 10.1 Å². The first-order valence-electron chi connectivity index (χ1n) is 6.61. The highest BCUT2D eigenvalue weighted by molar-refractivity contribution is 5.38. The topological polar surface area (TPSA) is 34.2 Å². The Labute approximate surface area is 113 Å². The fourth-order valence-corrected chi connectivity index (χ4v) is 2.71. The summed E-state index contributed by atoms with van der Waals surface area (Å²) in [6.07, 6.45) is 4.86. The van der Waals surface area contributed by atoms with Crippen LogP contribution < -0.4 is 10.1 Å². The Balaban J connectivity index is 1.86. The number of benzene rings is 1. The average Bonchev–Trinajstić information content (AvgIpc) is 2.83. The molecule has 3 heteroatoms. The van der Waals surface area contributed by atoms with Crippen molar-refractivity contribution in [2.45, 2.75) is 25.5 Å². The molecule has 19 heavy (non-hydrogen) atoms. The monoisotopic (exact) mass is 254 g/mol. The molecule has 0 radical (unpaired) electrons. The second-order valence-corrected chi connectivity index (χ2v) is 5.03. The zero-order valence-corrected chi connectivity index (χ0v) is 11.3. The number of pyridine rings is 1. The molecule has 0 aliphatic carbocycles. The van der Waals surface area contributed by atoms with Gasteiger partial charge in [-0.25, -0.2) is 0 Å². The van der Waals surface area contributed by atoms with Crippen molar-refractivity contribution >= 4 is 0 Å². The number of nitrogens with zero attached hydrogens (tertiary/aromatic N) is 1. The van der Waals surface area contributed by atoms with E-state index in [1.54, 1.807) is 0 Å². The van der Waals surface area contributed by atoms with E-state index >= 15 is 0 Å². The second kappa shape index (κ2) is 5.02. The van der Waals surface area contributed by atoms with Crippen molar-refractivity contribution in [2.75, 3.05) is 7.05 Å². The van der Waals surface area contributed by atoms with Gasteiger partial charge in [0.25, 0.3) is 0 Å². The molecule has 0 fully saturated rings. The Morgan fingerprint density at radius 1 is 1.32 bits per heavy atom. The van der Waals surface area contributed by atoms with Crippen molar-refractivity contribution < 1.29 is 4.74 Å². The minimum absolute atomic E-state index is 0.131. The first-order chi connectivity index (χ1) is 9.28. The van der Waals surface area contributed by atoms with E-state index in [2.05, 4.69) is 35.4 Å². The summed E-state index contributed by atoms with van der Waals surface area (Å²) in [5.41, 5.74) is 3.64. The molecule has 0 bridgehead atoms. The van der Waals surface area contributed by atoms with Crippen LogP contribution in [0.1, 0.15) is 22.7 Å². The third-order valence-corrected chi connectivity index (χ3v) is 3.61. The molecule has 2 heterocycles. The maximum absolute atomic E-state index is 6.06. The minimum atomic E-state index is 0.131. The van der Waals surface area contributed by atoms with Crippen molar-refractivity contribution in [1.29, 1.82) is 0 Å². The summed E-state index contributed by atoms with van der Waals surface area (Å²) in [4.78, 5) is 4.28. The summed E-state index contributed by atoms with van der Waals surface area (Å²) in [6, 6.07) is 10.6. The minimum Gasteiger partial charge on any atom is -0.488 e. The van der Waals surface area contributed by atoms with E-state index in [0.717, 1.165) is 12.2 Å². The Morgan fingerprint density at radius 2 is 2.16 bits per heavy atom. The second-order valence-electron chi connectivity index (χ2n) is 5.03. The zero-order chi connectivity index (χ0) is 13.2. The molecule has 2 aromatic rings. The Morgan fingerprint density at radius 3 is 2.89 bits per heavy atom. The molecule has 1 aliphatic rings. The van der Waals surface area contributed by atoms with Crippen LogP contribution in [-0.4, -0.2) is 18.1 Å². The molecule has 2 unspecified atom stereocenters. The highest BCUT2D eigenvalue weighted by Gasteiger charge is 2.30. The highest BCUT2D eigenvalue weighted by atomic mass is 16.5. The summed E-state index contributed by atoms with van der Waals surface area (Å²) in [7, 11) is 1.97. The number of para-hydroxylation sites is 1. The number of aryl methyl sites for hydroxylation is 1. The van der Waals surface area contributed by atoms with Crippen LogP contribution in [0.5, 0.6) is 5.75 Å². The van der Waals surface area contributed by atoms with Crippen molar-refractivity contribution in [3.63, 3.8) is 0 Å². The van der Waals surface area contributed by atoms with Crippen LogP contribution in [0.25, 0.3) is 0 Å². The van der Waals surface area contributed by atoms with Gasteiger partial charge in [0.1, 0.15) is 11.9 Å². The van der Waals surface area contributed by atoms with E-state index in [1.807, 2.05) is 31.6 Å². The fourth-order valence-electron chi connectivity index (χ4n) is 2.71. The van der Waals surface area contributed by atoms with E-state index in [0.29, 0.717) is 0 Å². The lowest BCUT2D eigenvalue weighted by Gasteiger charge is -2.23. The summed E-state index contributed by atoms with van der Waals surface area (Å²) in [5.74, 6) is 1.01. The van der Waals surface area contributed by atoms with Gasteiger partial charge in [-0.1, -0.05) is 24.3 Å². The molecule has 1 aliphatic heterocycles. The van der Waals surface area contributed by atoms with Gasteiger partial charge in [0.05, 0.1) is 6.04 Å². The van der Waals surface area contributed by atoms with Crippen LogP contribution in [0.4, 0.5) is 0 Å². The summed E-state index contributed by atoms with van der Waals surface area (Å²) in [6.45, 7) is 2.06. The van der Waals surface area contributed by atoms with E-state index in [9.17, 15) is 0 Å². The van der Waals surface area contributed by atoms with Crippen LogP contribution in [-0.2, 0) is 6.42 Å². The van der Waals surface area contributed by atoms with E-state index in [1.165, 1.54) is 16.7 Å². The highest BCUT2D eigenvalue weighted by Crippen LogP contribution is 2.33. The number of hydrogen-bond donors (Lipinski definition) is 1. The summed E-state index contributed by atoms with van der Waals surface area (Å²) in [5, 5.41) is 3.36. The van der Waals surface area contributed by atoms with E-state index in [4.69, 9.17) is 4.74 Å². The number of nitrogens with one attached hydrogen (secondary N) is 1. The third-order valence-electron chi connectivity index (χ3n) is 3.61. The lowest BCUT2D eigenvalue weighted by atomic mass is 9.98. The Hall–Kier alpha value is -1.87. The Bertz CT molecular complexity index is 557. The van der Waals surface area contributed by atoms with Crippen molar-refractivity contribution in [3.8, 4) is 5.75 Å². The Kier molecular flexibility index (Phi) is 3.22. The van der Waals surface area contributed by atoms with Gasteiger partial charge in [0.15, 0.2) is 0 Å². The lowest BCUT2D eigenvalue weighted by molar-refractivity contribution is 0.183. The first-order valence-corrected chi connectivity index (χ1v) is 6.61. The van der Waals surface area contributed by atoms with Crippen LogP contribution in [0.15, 0.2) is 42.7 Å². The summed E-state index contributed by atoms with van der Waals surface area (Å²) >= 11 is 0. The van der Waals surface area contributed by atoms with Crippen molar-refractivity contribution in [1.82, 2.24) is 10.3 Å². The average molecular weight is 254 g/mol. The van der Waals surface area contributed by atoms with Gasteiger partial charge in [-0.2, -0.15) is 0 Å². The number of hydrogen-bond acceptors (Lipinski definition) is 3. The first kappa shape index (κ1) is 12.2. The van der Waals surface area contributed by atoms with Crippen molar-refractivity contribution in [3.05, 3.63) is 59.4 Å². The van der Waals surface area contributed by atoms with E-state index < -0.39 is 0 Å². The molecule has 3 nitrogen and oxygen atoms in total. The quantitative estimate of drug-likeness (QED) is 0.914. The van der Waals surface area contributed by atoms with Crippen LogP contribution in [0.2, 0.25) is 0 Å². The number of rotatable bonds is 3. The van der Waals surface area contributed by atoms with Crippen LogP contribution in [0, 0.1) is 6.92 Å². The van der Waals surface area contributed by atoms with Crippen LogP contribution >= 0.6 is 0 Å². The maximum Gasteiger partial charge on any atom is 0.123 e. The molecule has 0 amide bonds. The molecular weight excluding hydrogens is 236 g/mol. The number of aromatic nitrogens is 1. The van der Waals surface area contributed by atoms with E-state index in [-0.39, 0.29) is 12.1 Å². The molecule has 0 saturated heterocycles. The molecule has 0 saturated carbocycles. The predicted octanol–water partition coefficient (Wildman–Crippen LogP) is 2.65. The standard InChI is InChI=1S/C16H18N2O/c1-11-7-13(10-18-9-11)16(17-2)15-8-12-5-3-4-6-14(12)19-15/h3-7,9-10,15-17H,8H2,1-2H3. The van der Waals surface area contributed by atoms with Gasteiger partial charge >= 0.3 is 0 Å². The number of fused-ring (bicyclic) bond motifs is 1. The summed E-state index contributed by atoms with van der Waals surface area (Å²) < 4.78 is 6.06. The number of ether oxygens (including phenoxy) is 1. The zero-order valence-electron chi connectivity index (χ0n) is 11.3. The van der Waals surface area contributed by atoms with Gasteiger partial charge in [-0.05, 0) is 36.7 Å². The fraction of sp³-hybridized carbons (Fsp3) is 0.312. The van der Waals surface area contributed by atoms with Gasteiger partial charge in [-0.3, -0.25) is 4.98 Å². The largest absolute Gasteiger partial charge is 0.488 e. The SMILES string of the molecule is CNC(c1cncc(C)c1)C1Cc2ccccc2O1. The third kappa shape index (κ3) is 2.34. The molecule has 2 atom stereocenters. The van der Waals surface area contributed by atoms with Crippen LogP contribution in [0.3, 0.4) is 0 Å². The maximum atomic E-state index is 6.06. The van der Waals surface area contributed by atoms with Gasteiger partial charge in [0, 0.05) is 18.8 Å². The van der Waals surface area contributed by atoms with Gasteiger partial charge in [0.2, 0.25) is 0 Å².